The van der Waals surface area contributed by atoms with Crippen LogP contribution in [-0.4, -0.2) is 27.2 Å². The number of carbonyl (C=O) groups is 1. The number of hydrogen-bond donors (Lipinski definition) is 2. The number of nitrogens with two attached hydrogens (primary N) is 1. The maximum atomic E-state index is 11.9. The van der Waals surface area contributed by atoms with Gasteiger partial charge in [0, 0.05) is 37.1 Å². The van der Waals surface area contributed by atoms with E-state index in [0.29, 0.717) is 19.5 Å². The van der Waals surface area contributed by atoms with E-state index in [0.717, 1.165) is 0 Å². The Kier molecular flexibility index (Phi) is 4.50. The molecule has 0 unspecified atom stereocenters. The summed E-state index contributed by atoms with van der Waals surface area (Å²) >= 11 is 0. The lowest BCUT2D eigenvalue weighted by molar-refractivity contribution is -0.383. The van der Waals surface area contributed by atoms with Crippen molar-refractivity contribution in [3.8, 4) is 0 Å². The van der Waals surface area contributed by atoms with E-state index in [-0.39, 0.29) is 22.8 Å². The molecule has 0 atom stereocenters. The molecule has 1 heterocycles. The highest BCUT2D eigenvalue weighted by Gasteiger charge is 2.15. The van der Waals surface area contributed by atoms with E-state index in [1.165, 1.54) is 18.2 Å². The number of aromatic nitrogens is 2. The van der Waals surface area contributed by atoms with E-state index in [1.54, 1.807) is 10.9 Å². The Balaban J connectivity index is 1.88. The van der Waals surface area contributed by atoms with Gasteiger partial charge in [0.05, 0.1) is 4.92 Å². The molecule has 0 bridgehead atoms. The maximum absolute atomic E-state index is 11.9. The fourth-order valence-electron chi connectivity index (χ4n) is 1.82. The first-order valence-electron chi connectivity index (χ1n) is 6.37. The molecule has 1 aromatic carbocycles. The molecule has 1 aromatic heterocycles. The number of benzene rings is 1. The molecule has 0 saturated heterocycles. The highest BCUT2D eigenvalue weighted by Crippen LogP contribution is 2.22. The molecule has 0 fully saturated rings. The molecular formula is C13H15N5O3. The van der Waals surface area contributed by atoms with Crippen LogP contribution in [0, 0.1) is 10.1 Å². The first-order chi connectivity index (χ1) is 10.1. The van der Waals surface area contributed by atoms with Crippen molar-refractivity contribution in [3.63, 3.8) is 0 Å². The number of nitrogens with one attached hydrogen (secondary N) is 1. The van der Waals surface area contributed by atoms with Crippen molar-refractivity contribution >= 4 is 17.3 Å². The standard InChI is InChI=1S/C13H15N5O3/c14-11-4-3-10(9-12(11)18(20)21)13(19)15-5-1-7-17-8-2-6-16-17/h2-4,6,8-9H,1,5,7,14H2,(H,15,19). The zero-order valence-corrected chi connectivity index (χ0v) is 11.2. The molecule has 0 aliphatic carbocycles. The van der Waals surface area contributed by atoms with Crippen LogP contribution >= 0.6 is 0 Å². The molecule has 3 N–H and O–H groups in total. The van der Waals surface area contributed by atoms with Crippen LogP contribution in [0.1, 0.15) is 16.8 Å². The van der Waals surface area contributed by atoms with Gasteiger partial charge in [0.25, 0.3) is 11.6 Å². The lowest BCUT2D eigenvalue weighted by atomic mass is 10.1. The second-order valence-corrected chi connectivity index (χ2v) is 4.41. The molecule has 8 heteroatoms. The number of nitrogens with zero attached hydrogens (tertiary/aromatic N) is 3. The highest BCUT2D eigenvalue weighted by atomic mass is 16.6. The van der Waals surface area contributed by atoms with E-state index in [4.69, 9.17) is 5.73 Å². The lowest BCUT2D eigenvalue weighted by Gasteiger charge is -2.06. The van der Waals surface area contributed by atoms with Crippen LogP contribution in [0.4, 0.5) is 11.4 Å². The summed E-state index contributed by atoms with van der Waals surface area (Å²) in [5, 5.41) is 17.5. The van der Waals surface area contributed by atoms with Crippen molar-refractivity contribution in [1.82, 2.24) is 15.1 Å². The van der Waals surface area contributed by atoms with Crippen molar-refractivity contribution in [2.24, 2.45) is 0 Å². The van der Waals surface area contributed by atoms with Crippen molar-refractivity contribution in [2.75, 3.05) is 12.3 Å². The summed E-state index contributed by atoms with van der Waals surface area (Å²) in [7, 11) is 0. The fraction of sp³-hybridized carbons (Fsp3) is 0.231. The number of rotatable bonds is 6. The Bertz CT molecular complexity index is 639. The zero-order chi connectivity index (χ0) is 15.2. The number of anilines is 1. The molecule has 2 aromatic rings. The topological polar surface area (TPSA) is 116 Å². The molecule has 1 amide bonds. The number of carbonyl (C=O) groups excluding carboxylic acids is 1. The van der Waals surface area contributed by atoms with Gasteiger partial charge < -0.3 is 11.1 Å². The van der Waals surface area contributed by atoms with Gasteiger partial charge in [-0.05, 0) is 24.6 Å². The summed E-state index contributed by atoms with van der Waals surface area (Å²) in [6.45, 7) is 1.14. The molecule has 0 radical (unpaired) electrons. The van der Waals surface area contributed by atoms with Crippen LogP contribution < -0.4 is 11.1 Å². The van der Waals surface area contributed by atoms with Crippen molar-refractivity contribution in [3.05, 3.63) is 52.3 Å². The monoisotopic (exact) mass is 289 g/mol. The van der Waals surface area contributed by atoms with Crippen LogP contribution in [0.5, 0.6) is 0 Å². The van der Waals surface area contributed by atoms with E-state index in [9.17, 15) is 14.9 Å². The summed E-state index contributed by atoms with van der Waals surface area (Å²) < 4.78 is 1.76. The molecule has 0 aliphatic heterocycles. The van der Waals surface area contributed by atoms with Crippen molar-refractivity contribution < 1.29 is 9.72 Å². The number of nitro groups is 1. The first kappa shape index (κ1) is 14.5. The summed E-state index contributed by atoms with van der Waals surface area (Å²) in [5.41, 5.74) is 5.47. The van der Waals surface area contributed by atoms with Crippen LogP contribution in [0.25, 0.3) is 0 Å². The SMILES string of the molecule is Nc1ccc(C(=O)NCCCn2cccn2)cc1[N+](=O)[O-]. The Morgan fingerprint density at radius 3 is 2.95 bits per heavy atom. The van der Waals surface area contributed by atoms with Gasteiger partial charge in [0.2, 0.25) is 0 Å². The molecule has 2 rings (SSSR count). The first-order valence-corrected chi connectivity index (χ1v) is 6.37. The Hall–Kier alpha value is -2.90. The average molecular weight is 289 g/mol. The summed E-state index contributed by atoms with van der Waals surface area (Å²) in [5.74, 6) is -0.362. The van der Waals surface area contributed by atoms with Crippen LogP contribution in [0.2, 0.25) is 0 Å². The van der Waals surface area contributed by atoms with Gasteiger partial charge in [0.1, 0.15) is 5.69 Å². The minimum Gasteiger partial charge on any atom is -0.393 e. The molecule has 8 nitrogen and oxygen atoms in total. The number of amides is 1. The molecule has 0 spiro atoms. The van der Waals surface area contributed by atoms with Gasteiger partial charge in [0.15, 0.2) is 0 Å². The average Bonchev–Trinajstić information content (AvgIpc) is 2.96. The van der Waals surface area contributed by atoms with E-state index >= 15 is 0 Å². The van der Waals surface area contributed by atoms with Gasteiger partial charge in [-0.1, -0.05) is 0 Å². The molecule has 21 heavy (non-hydrogen) atoms. The number of aryl methyl sites for hydroxylation is 1. The predicted molar refractivity (Wildman–Crippen MR) is 76.7 cm³/mol. The van der Waals surface area contributed by atoms with Crippen LogP contribution in [0.15, 0.2) is 36.7 Å². The third-order valence-corrected chi connectivity index (χ3v) is 2.90. The summed E-state index contributed by atoms with van der Waals surface area (Å²) in [6.07, 6.45) is 4.24. The van der Waals surface area contributed by atoms with Gasteiger partial charge in [-0.3, -0.25) is 19.6 Å². The fourth-order valence-corrected chi connectivity index (χ4v) is 1.82. The third kappa shape index (κ3) is 3.78. The zero-order valence-electron chi connectivity index (χ0n) is 11.2. The minimum absolute atomic E-state index is 0.0373. The predicted octanol–water partition coefficient (Wildman–Crippen LogP) is 1.19. The maximum Gasteiger partial charge on any atom is 0.292 e. The van der Waals surface area contributed by atoms with Crippen LogP contribution in [0.3, 0.4) is 0 Å². The summed E-state index contributed by atoms with van der Waals surface area (Å²) in [6, 6.07) is 5.83. The molecular weight excluding hydrogens is 274 g/mol. The highest BCUT2D eigenvalue weighted by molar-refractivity contribution is 5.95. The second kappa shape index (κ2) is 6.51. The van der Waals surface area contributed by atoms with Gasteiger partial charge >= 0.3 is 0 Å². The smallest absolute Gasteiger partial charge is 0.292 e. The van der Waals surface area contributed by atoms with Gasteiger partial charge in [-0.25, -0.2) is 0 Å². The van der Waals surface area contributed by atoms with E-state index in [1.807, 2.05) is 12.3 Å². The van der Waals surface area contributed by atoms with E-state index in [2.05, 4.69) is 10.4 Å². The Labute approximate surface area is 120 Å². The van der Waals surface area contributed by atoms with Crippen LogP contribution in [-0.2, 0) is 6.54 Å². The second-order valence-electron chi connectivity index (χ2n) is 4.41. The Morgan fingerprint density at radius 2 is 2.29 bits per heavy atom. The number of nitro benzene ring substituents is 1. The van der Waals surface area contributed by atoms with Crippen molar-refractivity contribution in [1.29, 1.82) is 0 Å². The molecule has 0 saturated carbocycles. The van der Waals surface area contributed by atoms with E-state index < -0.39 is 4.92 Å². The Morgan fingerprint density at radius 1 is 1.48 bits per heavy atom. The minimum atomic E-state index is -0.607. The third-order valence-electron chi connectivity index (χ3n) is 2.90. The number of hydrogen-bond acceptors (Lipinski definition) is 5. The normalized spacial score (nSPS) is 10.3. The van der Waals surface area contributed by atoms with Gasteiger partial charge in [-0.2, -0.15) is 5.10 Å². The molecule has 110 valence electrons. The largest absolute Gasteiger partial charge is 0.393 e. The number of nitrogen functional groups attached to an aromatic ring is 1. The molecule has 0 aliphatic rings. The van der Waals surface area contributed by atoms with Gasteiger partial charge in [-0.15, -0.1) is 0 Å². The van der Waals surface area contributed by atoms with Crippen molar-refractivity contribution in [2.45, 2.75) is 13.0 Å². The summed E-state index contributed by atoms with van der Waals surface area (Å²) in [4.78, 5) is 22.1. The lowest BCUT2D eigenvalue weighted by Crippen LogP contribution is -2.25. The quantitative estimate of drug-likeness (QED) is 0.358.